The van der Waals surface area contributed by atoms with Crippen molar-refractivity contribution in [1.82, 2.24) is 24.2 Å². The Morgan fingerprint density at radius 3 is 2.69 bits per heavy atom. The first-order valence-electron chi connectivity index (χ1n) is 9.63. The van der Waals surface area contributed by atoms with Gasteiger partial charge in [0.05, 0.1) is 12.6 Å². The Morgan fingerprint density at radius 2 is 2.00 bits per heavy atom. The van der Waals surface area contributed by atoms with E-state index in [-0.39, 0.29) is 18.3 Å². The van der Waals surface area contributed by atoms with Crippen LogP contribution in [0.15, 0.2) is 43.0 Å². The summed E-state index contributed by atoms with van der Waals surface area (Å²) in [7, 11) is -2.05. The Hall–Kier alpha value is -2.97. The maximum atomic E-state index is 12.5. The molecule has 1 amide bonds. The number of imidazole rings is 1. The maximum absolute atomic E-state index is 12.5. The third-order valence-corrected chi connectivity index (χ3v) is 5.72. The van der Waals surface area contributed by atoms with Gasteiger partial charge in [-0.05, 0) is 12.1 Å². The van der Waals surface area contributed by atoms with Gasteiger partial charge in [-0.25, -0.2) is 28.1 Å². The predicted molar refractivity (Wildman–Crippen MR) is 113 cm³/mol. The highest BCUT2D eigenvalue weighted by atomic mass is 32.2. The first kappa shape index (κ1) is 22.2. The number of hydrogen-bond acceptors (Lipinski definition) is 9. The lowest BCUT2D eigenvalue weighted by molar-refractivity contribution is -0.0485. The second-order valence-corrected chi connectivity index (χ2v) is 9.08. The topological polar surface area (TPSA) is 158 Å². The van der Waals surface area contributed by atoms with Crippen molar-refractivity contribution >= 4 is 32.9 Å². The first-order chi connectivity index (χ1) is 15.3. The van der Waals surface area contributed by atoms with E-state index in [1.54, 1.807) is 28.8 Å². The van der Waals surface area contributed by atoms with Gasteiger partial charge in [0.25, 0.3) is 5.91 Å². The van der Waals surface area contributed by atoms with Crippen molar-refractivity contribution in [2.45, 2.75) is 24.5 Å². The van der Waals surface area contributed by atoms with Crippen LogP contribution in [0.4, 0.5) is 5.82 Å². The number of aliphatic hydroxyl groups excluding tert-OH is 1. The number of nitrogens with zero attached hydrogens (tertiary/aromatic N) is 4. The molecule has 32 heavy (non-hydrogen) atoms. The molecule has 0 radical (unpaired) electrons. The molecule has 0 aliphatic carbocycles. The van der Waals surface area contributed by atoms with Crippen molar-refractivity contribution in [1.29, 1.82) is 0 Å². The summed E-state index contributed by atoms with van der Waals surface area (Å²) in [5.74, 6) is -0.139. The standard InChI is InChI=1S/C19H22N6O6S/c1-30-15-14(26)12(8-23-32(2,28)29)31-19(15)25-10-22-13-16(20-9-21-17(13)25)24-18(27)11-6-4-3-5-7-11/h3-7,9-10,12,14-15,19,23,26H,8H2,1-2H3,(H,20,21,24,27)/t12-,14-,15-,19-/m1/s1. The van der Waals surface area contributed by atoms with Crippen LogP contribution >= 0.6 is 0 Å². The summed E-state index contributed by atoms with van der Waals surface area (Å²) in [5.41, 5.74) is 1.13. The number of ether oxygens (including phenoxy) is 2. The Bertz CT molecular complexity index is 1220. The quantitative estimate of drug-likeness (QED) is 0.436. The fourth-order valence-electron chi connectivity index (χ4n) is 3.50. The summed E-state index contributed by atoms with van der Waals surface area (Å²) in [5, 5.41) is 13.3. The molecule has 4 atom stereocenters. The molecule has 1 aromatic carbocycles. The second kappa shape index (κ2) is 8.88. The predicted octanol–water partition coefficient (Wildman–Crippen LogP) is -0.0989. The molecular formula is C19H22N6O6S. The van der Waals surface area contributed by atoms with Gasteiger partial charge < -0.3 is 19.9 Å². The van der Waals surface area contributed by atoms with Gasteiger partial charge in [-0.2, -0.15) is 0 Å². The Labute approximate surface area is 183 Å². The molecule has 2 aromatic heterocycles. The molecule has 0 saturated carbocycles. The van der Waals surface area contributed by atoms with Crippen LogP contribution in [-0.4, -0.2) is 77.2 Å². The largest absolute Gasteiger partial charge is 0.387 e. The average molecular weight is 462 g/mol. The van der Waals surface area contributed by atoms with E-state index in [1.165, 1.54) is 19.8 Å². The molecular weight excluding hydrogens is 440 g/mol. The number of fused-ring (bicyclic) bond motifs is 1. The lowest BCUT2D eigenvalue weighted by Crippen LogP contribution is -2.40. The number of amides is 1. The van der Waals surface area contributed by atoms with Crippen LogP contribution in [-0.2, 0) is 19.5 Å². The normalized spacial score (nSPS) is 23.5. The number of nitrogens with one attached hydrogen (secondary N) is 2. The molecule has 1 aliphatic rings. The number of aliphatic hydroxyl groups is 1. The van der Waals surface area contributed by atoms with Crippen molar-refractivity contribution in [2.75, 3.05) is 25.2 Å². The smallest absolute Gasteiger partial charge is 0.256 e. The summed E-state index contributed by atoms with van der Waals surface area (Å²) in [6.45, 7) is -0.129. The fourth-order valence-corrected chi connectivity index (χ4v) is 3.97. The number of rotatable bonds is 7. The van der Waals surface area contributed by atoms with Crippen LogP contribution in [0.5, 0.6) is 0 Å². The first-order valence-corrected chi connectivity index (χ1v) is 11.5. The summed E-state index contributed by atoms with van der Waals surface area (Å²) < 4.78 is 38.0. The van der Waals surface area contributed by atoms with E-state index >= 15 is 0 Å². The zero-order chi connectivity index (χ0) is 22.9. The number of carbonyl (C=O) groups is 1. The number of anilines is 1. The molecule has 3 heterocycles. The van der Waals surface area contributed by atoms with Crippen LogP contribution in [0.25, 0.3) is 11.2 Å². The zero-order valence-corrected chi connectivity index (χ0v) is 18.1. The number of benzene rings is 1. The Balaban J connectivity index is 1.61. The molecule has 3 aromatic rings. The molecule has 1 fully saturated rings. The van der Waals surface area contributed by atoms with Crippen molar-refractivity contribution in [3.05, 3.63) is 48.5 Å². The highest BCUT2D eigenvalue weighted by molar-refractivity contribution is 7.88. The van der Waals surface area contributed by atoms with E-state index in [1.807, 2.05) is 6.07 Å². The minimum Gasteiger partial charge on any atom is -0.387 e. The monoisotopic (exact) mass is 462 g/mol. The van der Waals surface area contributed by atoms with Crippen LogP contribution < -0.4 is 10.0 Å². The Kier molecular flexibility index (Phi) is 6.17. The van der Waals surface area contributed by atoms with Gasteiger partial charge in [0, 0.05) is 19.2 Å². The van der Waals surface area contributed by atoms with Gasteiger partial charge in [0.15, 0.2) is 23.2 Å². The SMILES string of the molecule is CO[C@@H]1[C@H](O)[C@@H](CNS(C)(=O)=O)O[C@H]1n1cnc2c(NC(=O)c3ccccc3)ncnc21. The van der Waals surface area contributed by atoms with Crippen LogP contribution in [0, 0.1) is 0 Å². The van der Waals surface area contributed by atoms with Crippen LogP contribution in [0.1, 0.15) is 16.6 Å². The van der Waals surface area contributed by atoms with Crippen molar-refractivity contribution < 1.29 is 27.8 Å². The summed E-state index contributed by atoms with van der Waals surface area (Å²) >= 11 is 0. The van der Waals surface area contributed by atoms with Crippen molar-refractivity contribution in [3.8, 4) is 0 Å². The van der Waals surface area contributed by atoms with Gasteiger partial charge in [0.2, 0.25) is 10.0 Å². The van der Waals surface area contributed by atoms with E-state index < -0.39 is 34.6 Å². The summed E-state index contributed by atoms with van der Waals surface area (Å²) in [6.07, 6.45) is 0.136. The number of methoxy groups -OCH3 is 1. The van der Waals surface area contributed by atoms with E-state index in [4.69, 9.17) is 9.47 Å². The third-order valence-electron chi connectivity index (χ3n) is 5.03. The minimum absolute atomic E-state index is 0.129. The summed E-state index contributed by atoms with van der Waals surface area (Å²) in [6, 6.07) is 8.66. The van der Waals surface area contributed by atoms with E-state index in [0.717, 1.165) is 6.26 Å². The van der Waals surface area contributed by atoms with Gasteiger partial charge in [0.1, 0.15) is 24.6 Å². The lowest BCUT2D eigenvalue weighted by atomic mass is 10.1. The molecule has 170 valence electrons. The molecule has 12 nitrogen and oxygen atoms in total. The average Bonchev–Trinajstić information content (AvgIpc) is 3.33. The molecule has 0 spiro atoms. The number of aromatic nitrogens is 4. The molecule has 13 heteroatoms. The van der Waals surface area contributed by atoms with Crippen LogP contribution in [0.2, 0.25) is 0 Å². The lowest BCUT2D eigenvalue weighted by Gasteiger charge is -2.19. The highest BCUT2D eigenvalue weighted by Crippen LogP contribution is 2.33. The summed E-state index contributed by atoms with van der Waals surface area (Å²) in [4.78, 5) is 25.2. The number of sulfonamides is 1. The highest BCUT2D eigenvalue weighted by Gasteiger charge is 2.45. The third kappa shape index (κ3) is 4.47. The molecule has 3 N–H and O–H groups in total. The fraction of sp³-hybridized carbons (Fsp3) is 0.368. The second-order valence-electron chi connectivity index (χ2n) is 7.24. The molecule has 1 saturated heterocycles. The zero-order valence-electron chi connectivity index (χ0n) is 17.2. The molecule has 0 bridgehead atoms. The molecule has 1 aliphatic heterocycles. The van der Waals surface area contributed by atoms with Gasteiger partial charge in [-0.15, -0.1) is 0 Å². The van der Waals surface area contributed by atoms with E-state index in [2.05, 4.69) is 25.0 Å². The van der Waals surface area contributed by atoms with Crippen molar-refractivity contribution in [3.63, 3.8) is 0 Å². The van der Waals surface area contributed by atoms with Gasteiger partial charge in [-0.1, -0.05) is 18.2 Å². The van der Waals surface area contributed by atoms with Crippen LogP contribution in [0.3, 0.4) is 0 Å². The van der Waals surface area contributed by atoms with Gasteiger partial charge in [-0.3, -0.25) is 9.36 Å². The Morgan fingerprint density at radius 1 is 1.25 bits per heavy atom. The number of hydrogen-bond donors (Lipinski definition) is 3. The maximum Gasteiger partial charge on any atom is 0.256 e. The van der Waals surface area contributed by atoms with E-state index in [9.17, 15) is 18.3 Å². The van der Waals surface area contributed by atoms with Crippen molar-refractivity contribution in [2.24, 2.45) is 0 Å². The molecule has 0 unspecified atom stereocenters. The van der Waals surface area contributed by atoms with Gasteiger partial charge >= 0.3 is 0 Å². The number of carbonyl (C=O) groups excluding carboxylic acids is 1. The van der Waals surface area contributed by atoms with E-state index in [0.29, 0.717) is 16.7 Å². The molecule has 4 rings (SSSR count). The minimum atomic E-state index is -3.47.